The SMILES string of the molecule is Cc1cn(C2=C(Br)CC(C)(Cl)C=C2)cn1. The predicted molar refractivity (Wildman–Crippen MR) is 67.1 cm³/mol. The first kappa shape index (κ1) is 11.0. The van der Waals surface area contributed by atoms with Crippen LogP contribution in [0.2, 0.25) is 0 Å². The summed E-state index contributed by atoms with van der Waals surface area (Å²) in [6, 6.07) is 0. The molecule has 0 aromatic carbocycles. The smallest absolute Gasteiger partial charge is 0.0995 e. The predicted octanol–water partition coefficient (Wildman–Crippen LogP) is 3.71. The molecule has 0 amide bonds. The fourth-order valence-electron chi connectivity index (χ4n) is 1.58. The highest BCUT2D eigenvalue weighted by atomic mass is 79.9. The number of hydrogen-bond acceptors (Lipinski definition) is 1. The molecule has 1 aromatic rings. The maximum Gasteiger partial charge on any atom is 0.0995 e. The molecule has 1 aliphatic carbocycles. The van der Waals surface area contributed by atoms with Gasteiger partial charge in [-0.05, 0) is 19.9 Å². The van der Waals surface area contributed by atoms with Crippen LogP contribution in [0.4, 0.5) is 0 Å². The third-order valence-corrected chi connectivity index (χ3v) is 3.30. The number of aromatic nitrogens is 2. The van der Waals surface area contributed by atoms with Gasteiger partial charge in [-0.3, -0.25) is 0 Å². The first-order valence-corrected chi connectivity index (χ1v) is 5.93. The summed E-state index contributed by atoms with van der Waals surface area (Å²) in [7, 11) is 0. The van der Waals surface area contributed by atoms with Crippen molar-refractivity contribution in [1.29, 1.82) is 0 Å². The minimum Gasteiger partial charge on any atom is -0.305 e. The Kier molecular flexibility index (Phi) is 2.77. The average molecular weight is 288 g/mol. The Labute approximate surface area is 103 Å². The second-order valence-corrected chi connectivity index (χ2v) is 5.82. The molecule has 0 N–H and O–H groups in total. The van der Waals surface area contributed by atoms with E-state index in [9.17, 15) is 0 Å². The molecule has 1 unspecified atom stereocenters. The molecule has 1 aromatic heterocycles. The van der Waals surface area contributed by atoms with Crippen molar-refractivity contribution >= 4 is 33.2 Å². The molecule has 0 saturated heterocycles. The van der Waals surface area contributed by atoms with Gasteiger partial charge in [0.2, 0.25) is 0 Å². The van der Waals surface area contributed by atoms with Crippen molar-refractivity contribution in [2.45, 2.75) is 25.1 Å². The number of allylic oxidation sites excluding steroid dienone is 4. The number of aryl methyl sites for hydroxylation is 1. The Balaban J connectivity index is 2.36. The molecular formula is C11H12BrClN2. The molecule has 0 fully saturated rings. The number of hydrogen-bond donors (Lipinski definition) is 0. The van der Waals surface area contributed by atoms with Crippen molar-refractivity contribution in [2.75, 3.05) is 0 Å². The highest BCUT2D eigenvalue weighted by Gasteiger charge is 2.24. The van der Waals surface area contributed by atoms with Gasteiger partial charge in [0.05, 0.1) is 22.6 Å². The molecule has 0 bridgehead atoms. The first-order valence-electron chi connectivity index (χ1n) is 4.76. The molecule has 80 valence electrons. The third-order valence-electron chi connectivity index (χ3n) is 2.36. The van der Waals surface area contributed by atoms with Crippen LogP contribution in [0.3, 0.4) is 0 Å². The molecule has 0 radical (unpaired) electrons. The Hall–Kier alpha value is -0.540. The van der Waals surface area contributed by atoms with Gasteiger partial charge in [-0.1, -0.05) is 22.0 Å². The van der Waals surface area contributed by atoms with Gasteiger partial charge in [0, 0.05) is 17.1 Å². The summed E-state index contributed by atoms with van der Waals surface area (Å²) in [4.78, 5) is 3.92. The average Bonchev–Trinajstić information content (AvgIpc) is 2.50. The molecule has 2 rings (SSSR count). The summed E-state index contributed by atoms with van der Waals surface area (Å²) in [5.41, 5.74) is 2.11. The normalized spacial score (nSPS) is 26.1. The lowest BCUT2D eigenvalue weighted by Gasteiger charge is -2.23. The van der Waals surface area contributed by atoms with E-state index in [1.165, 1.54) is 0 Å². The van der Waals surface area contributed by atoms with Gasteiger partial charge in [-0.2, -0.15) is 0 Å². The maximum atomic E-state index is 6.25. The zero-order valence-electron chi connectivity index (χ0n) is 8.67. The van der Waals surface area contributed by atoms with Crippen LogP contribution in [-0.2, 0) is 0 Å². The molecule has 15 heavy (non-hydrogen) atoms. The van der Waals surface area contributed by atoms with Gasteiger partial charge in [0.1, 0.15) is 0 Å². The number of rotatable bonds is 1. The lowest BCUT2D eigenvalue weighted by atomic mass is 10.0. The van der Waals surface area contributed by atoms with Crippen LogP contribution in [0, 0.1) is 6.92 Å². The van der Waals surface area contributed by atoms with E-state index < -0.39 is 0 Å². The summed E-state index contributed by atoms with van der Waals surface area (Å²) in [6.45, 7) is 3.98. The molecule has 0 saturated carbocycles. The van der Waals surface area contributed by atoms with Crippen LogP contribution >= 0.6 is 27.5 Å². The number of nitrogens with zero attached hydrogens (tertiary/aromatic N) is 2. The lowest BCUT2D eigenvalue weighted by Crippen LogP contribution is -2.16. The largest absolute Gasteiger partial charge is 0.305 e. The van der Waals surface area contributed by atoms with Crippen LogP contribution in [0.15, 0.2) is 29.2 Å². The van der Waals surface area contributed by atoms with Gasteiger partial charge < -0.3 is 4.57 Å². The van der Waals surface area contributed by atoms with Crippen LogP contribution in [-0.4, -0.2) is 14.4 Å². The van der Waals surface area contributed by atoms with Crippen molar-refractivity contribution in [1.82, 2.24) is 9.55 Å². The summed E-state index contributed by atoms with van der Waals surface area (Å²) < 4.78 is 3.11. The molecular weight excluding hydrogens is 275 g/mol. The van der Waals surface area contributed by atoms with Crippen LogP contribution in [0.25, 0.3) is 5.70 Å². The highest BCUT2D eigenvalue weighted by Crippen LogP contribution is 2.36. The van der Waals surface area contributed by atoms with E-state index in [4.69, 9.17) is 11.6 Å². The highest BCUT2D eigenvalue weighted by molar-refractivity contribution is 9.11. The van der Waals surface area contributed by atoms with Gasteiger partial charge in [0.25, 0.3) is 0 Å². The monoisotopic (exact) mass is 286 g/mol. The van der Waals surface area contributed by atoms with Crippen molar-refractivity contribution in [3.8, 4) is 0 Å². The van der Waals surface area contributed by atoms with Crippen molar-refractivity contribution < 1.29 is 0 Å². The Bertz CT molecular complexity index is 443. The van der Waals surface area contributed by atoms with Gasteiger partial charge in [0.15, 0.2) is 0 Å². The van der Waals surface area contributed by atoms with E-state index in [0.29, 0.717) is 0 Å². The minimum atomic E-state index is -0.280. The van der Waals surface area contributed by atoms with Crippen LogP contribution in [0.5, 0.6) is 0 Å². The first-order chi connectivity index (χ1) is 6.98. The van der Waals surface area contributed by atoms with Gasteiger partial charge in [-0.15, -0.1) is 11.6 Å². The lowest BCUT2D eigenvalue weighted by molar-refractivity contribution is 0.773. The van der Waals surface area contributed by atoms with Crippen molar-refractivity contribution in [3.05, 3.63) is 34.9 Å². The Morgan fingerprint density at radius 1 is 1.60 bits per heavy atom. The Morgan fingerprint density at radius 3 is 2.87 bits per heavy atom. The fraction of sp³-hybridized carbons (Fsp3) is 0.364. The molecule has 1 heterocycles. The van der Waals surface area contributed by atoms with Crippen molar-refractivity contribution in [2.24, 2.45) is 0 Å². The molecule has 2 nitrogen and oxygen atoms in total. The van der Waals surface area contributed by atoms with E-state index in [2.05, 4.69) is 20.9 Å². The van der Waals surface area contributed by atoms with Crippen LogP contribution in [0.1, 0.15) is 19.0 Å². The van der Waals surface area contributed by atoms with Crippen molar-refractivity contribution in [3.63, 3.8) is 0 Å². The Morgan fingerprint density at radius 2 is 2.33 bits per heavy atom. The number of imidazole rings is 1. The molecule has 4 heteroatoms. The second-order valence-electron chi connectivity index (χ2n) is 4.00. The second kappa shape index (κ2) is 3.80. The maximum absolute atomic E-state index is 6.25. The minimum absolute atomic E-state index is 0.280. The third kappa shape index (κ3) is 2.34. The van der Waals surface area contributed by atoms with Crippen LogP contribution < -0.4 is 0 Å². The zero-order valence-corrected chi connectivity index (χ0v) is 11.0. The fourth-order valence-corrected chi connectivity index (χ4v) is 2.85. The van der Waals surface area contributed by atoms with Gasteiger partial charge >= 0.3 is 0 Å². The molecule has 0 aliphatic heterocycles. The summed E-state index contributed by atoms with van der Waals surface area (Å²) in [6.07, 6.45) is 8.66. The number of halogens is 2. The van der Waals surface area contributed by atoms with E-state index in [-0.39, 0.29) is 4.87 Å². The molecule has 0 spiro atoms. The van der Waals surface area contributed by atoms with E-state index in [1.54, 1.807) is 0 Å². The summed E-state index contributed by atoms with van der Waals surface area (Å²) in [5, 5.41) is 0. The van der Waals surface area contributed by atoms with E-state index in [0.717, 1.165) is 22.3 Å². The number of alkyl halides is 1. The topological polar surface area (TPSA) is 17.8 Å². The van der Waals surface area contributed by atoms with E-state index >= 15 is 0 Å². The van der Waals surface area contributed by atoms with E-state index in [1.807, 2.05) is 43.1 Å². The zero-order chi connectivity index (χ0) is 11.1. The standard InChI is InChI=1S/C11H12BrClN2/c1-8-6-15(7-14-8)10-3-4-11(2,13)5-9(10)12/h3-4,6-7H,5H2,1-2H3. The quantitative estimate of drug-likeness (QED) is 0.720. The molecule has 1 aliphatic rings. The van der Waals surface area contributed by atoms with Gasteiger partial charge in [-0.25, -0.2) is 4.98 Å². The summed E-state index contributed by atoms with van der Waals surface area (Å²) >= 11 is 9.82. The summed E-state index contributed by atoms with van der Waals surface area (Å²) in [5.74, 6) is 0. The molecule has 1 atom stereocenters.